The molecule has 0 aromatic heterocycles. The third kappa shape index (κ3) is 3.00. The van der Waals surface area contributed by atoms with E-state index in [1.54, 1.807) is 36.4 Å². The van der Waals surface area contributed by atoms with E-state index in [0.717, 1.165) is 5.56 Å². The summed E-state index contributed by atoms with van der Waals surface area (Å²) in [4.78, 5) is 21.6. The van der Waals surface area contributed by atoms with Crippen molar-refractivity contribution >= 4 is 11.5 Å². The summed E-state index contributed by atoms with van der Waals surface area (Å²) >= 11 is 0. The highest BCUT2D eigenvalue weighted by Crippen LogP contribution is 2.32. The molecule has 0 amide bonds. The fourth-order valence-corrected chi connectivity index (χ4v) is 1.74. The fraction of sp³-hybridized carbons (Fsp3) is 0.133. The normalized spacial score (nSPS) is 10.1. The van der Waals surface area contributed by atoms with Gasteiger partial charge in [0.1, 0.15) is 5.75 Å². The summed E-state index contributed by atoms with van der Waals surface area (Å²) in [6, 6.07) is 11.2. The van der Waals surface area contributed by atoms with Crippen LogP contribution >= 0.6 is 0 Å². The number of benzene rings is 2. The average Bonchev–Trinajstić information content (AvgIpc) is 2.39. The van der Waals surface area contributed by atoms with E-state index in [1.807, 2.05) is 6.92 Å². The largest absolute Gasteiger partial charge is 0.450 e. The maximum absolute atomic E-state index is 11.2. The first-order valence-corrected chi connectivity index (χ1v) is 6.01. The molecule has 0 heterocycles. The molecule has 0 spiro atoms. The first kappa shape index (κ1) is 13.7. The highest BCUT2D eigenvalue weighted by molar-refractivity contribution is 5.94. The Bertz CT molecular complexity index is 662. The van der Waals surface area contributed by atoms with Crippen molar-refractivity contribution in [3.8, 4) is 11.5 Å². The number of ketones is 1. The molecule has 2 rings (SSSR count). The Labute approximate surface area is 116 Å². The van der Waals surface area contributed by atoms with Crippen LogP contribution in [0.4, 0.5) is 5.69 Å². The van der Waals surface area contributed by atoms with Crippen LogP contribution in [0.3, 0.4) is 0 Å². The second-order valence-corrected chi connectivity index (χ2v) is 4.41. The Morgan fingerprint density at radius 2 is 1.80 bits per heavy atom. The molecule has 0 aliphatic heterocycles. The van der Waals surface area contributed by atoms with Crippen molar-refractivity contribution in [2.24, 2.45) is 0 Å². The maximum atomic E-state index is 11.2. The molecule has 2 aromatic rings. The van der Waals surface area contributed by atoms with Crippen molar-refractivity contribution < 1.29 is 14.5 Å². The molecule has 0 saturated carbocycles. The second kappa shape index (κ2) is 5.52. The lowest BCUT2D eigenvalue weighted by Crippen LogP contribution is -1.95. The molecule has 0 unspecified atom stereocenters. The highest BCUT2D eigenvalue weighted by Gasteiger charge is 2.15. The van der Waals surface area contributed by atoms with Gasteiger partial charge in [-0.2, -0.15) is 0 Å². The van der Waals surface area contributed by atoms with E-state index >= 15 is 0 Å². The topological polar surface area (TPSA) is 69.4 Å². The van der Waals surface area contributed by atoms with Crippen LogP contribution in [0, 0.1) is 17.0 Å². The van der Waals surface area contributed by atoms with Crippen molar-refractivity contribution in [3.05, 3.63) is 63.7 Å². The summed E-state index contributed by atoms with van der Waals surface area (Å²) in [5, 5.41) is 10.9. The van der Waals surface area contributed by atoms with Crippen molar-refractivity contribution in [2.75, 3.05) is 0 Å². The fourth-order valence-electron chi connectivity index (χ4n) is 1.74. The highest BCUT2D eigenvalue weighted by atomic mass is 16.6. The van der Waals surface area contributed by atoms with Crippen molar-refractivity contribution in [2.45, 2.75) is 13.8 Å². The molecule has 5 heteroatoms. The van der Waals surface area contributed by atoms with E-state index in [4.69, 9.17) is 4.74 Å². The molecule has 102 valence electrons. The Morgan fingerprint density at radius 1 is 1.15 bits per heavy atom. The van der Waals surface area contributed by atoms with Gasteiger partial charge in [-0.1, -0.05) is 6.07 Å². The maximum Gasteiger partial charge on any atom is 0.311 e. The predicted molar refractivity (Wildman–Crippen MR) is 74.4 cm³/mol. The van der Waals surface area contributed by atoms with Gasteiger partial charge in [-0.25, -0.2) is 0 Å². The van der Waals surface area contributed by atoms with E-state index in [9.17, 15) is 14.9 Å². The molecule has 0 atom stereocenters. The third-order valence-electron chi connectivity index (χ3n) is 2.80. The Hall–Kier alpha value is -2.69. The summed E-state index contributed by atoms with van der Waals surface area (Å²) in [7, 11) is 0. The van der Waals surface area contributed by atoms with Gasteiger partial charge in [-0.3, -0.25) is 14.9 Å². The lowest BCUT2D eigenvalue weighted by atomic mass is 10.1. The number of carbonyl (C=O) groups is 1. The Balaban J connectivity index is 2.31. The van der Waals surface area contributed by atoms with Crippen LogP contribution in [-0.4, -0.2) is 10.7 Å². The molecule has 0 aliphatic rings. The summed E-state index contributed by atoms with van der Waals surface area (Å²) in [6.45, 7) is 3.30. The number of aryl methyl sites for hydroxylation is 1. The van der Waals surface area contributed by atoms with Crippen LogP contribution in [-0.2, 0) is 0 Å². The number of nitro benzene ring substituents is 1. The van der Waals surface area contributed by atoms with E-state index in [1.165, 1.54) is 13.0 Å². The van der Waals surface area contributed by atoms with Gasteiger partial charge < -0.3 is 4.74 Å². The number of nitro groups is 1. The quantitative estimate of drug-likeness (QED) is 0.480. The standard InChI is InChI=1S/C15H13NO4/c1-10-3-8-14(16(18)19)15(9-10)20-13-6-4-12(5-7-13)11(2)17/h3-9H,1-2H3. The molecule has 0 N–H and O–H groups in total. The second-order valence-electron chi connectivity index (χ2n) is 4.41. The van der Waals surface area contributed by atoms with Gasteiger partial charge in [0.25, 0.3) is 0 Å². The average molecular weight is 271 g/mol. The van der Waals surface area contributed by atoms with Gasteiger partial charge in [0, 0.05) is 11.6 Å². The van der Waals surface area contributed by atoms with E-state index < -0.39 is 4.92 Å². The lowest BCUT2D eigenvalue weighted by molar-refractivity contribution is -0.385. The zero-order valence-corrected chi connectivity index (χ0v) is 11.1. The number of ether oxygens (including phenoxy) is 1. The molecular formula is C15H13NO4. The van der Waals surface area contributed by atoms with E-state index in [-0.39, 0.29) is 17.2 Å². The molecular weight excluding hydrogens is 258 g/mol. The van der Waals surface area contributed by atoms with Crippen molar-refractivity contribution in [3.63, 3.8) is 0 Å². The van der Waals surface area contributed by atoms with Gasteiger partial charge in [0.05, 0.1) is 4.92 Å². The van der Waals surface area contributed by atoms with Crippen LogP contribution in [0.1, 0.15) is 22.8 Å². The Kier molecular flexibility index (Phi) is 3.79. The van der Waals surface area contributed by atoms with Gasteiger partial charge in [0.2, 0.25) is 5.75 Å². The molecule has 0 fully saturated rings. The number of carbonyl (C=O) groups excluding carboxylic acids is 1. The van der Waals surface area contributed by atoms with Crippen LogP contribution in [0.25, 0.3) is 0 Å². The number of rotatable bonds is 4. The van der Waals surface area contributed by atoms with Crippen molar-refractivity contribution in [1.29, 1.82) is 0 Å². The summed E-state index contributed by atoms with van der Waals surface area (Å²) in [5.74, 6) is 0.590. The molecule has 20 heavy (non-hydrogen) atoms. The van der Waals surface area contributed by atoms with Crippen LogP contribution in [0.5, 0.6) is 11.5 Å². The molecule has 0 bridgehead atoms. The summed E-state index contributed by atoms with van der Waals surface area (Å²) in [5.41, 5.74) is 1.34. The van der Waals surface area contributed by atoms with Crippen LogP contribution in [0.2, 0.25) is 0 Å². The number of nitrogens with zero attached hydrogens (tertiary/aromatic N) is 1. The molecule has 0 saturated heterocycles. The minimum absolute atomic E-state index is 0.0434. The minimum Gasteiger partial charge on any atom is -0.450 e. The van der Waals surface area contributed by atoms with Crippen LogP contribution < -0.4 is 4.74 Å². The predicted octanol–water partition coefficient (Wildman–Crippen LogP) is 3.90. The zero-order valence-electron chi connectivity index (χ0n) is 11.1. The smallest absolute Gasteiger partial charge is 0.311 e. The SMILES string of the molecule is CC(=O)c1ccc(Oc2cc(C)ccc2[N+](=O)[O-])cc1. The number of hydrogen-bond donors (Lipinski definition) is 0. The zero-order chi connectivity index (χ0) is 14.7. The molecule has 0 aliphatic carbocycles. The van der Waals surface area contributed by atoms with Crippen LogP contribution in [0.15, 0.2) is 42.5 Å². The molecule has 2 aromatic carbocycles. The summed E-state index contributed by atoms with van der Waals surface area (Å²) < 4.78 is 5.53. The number of Topliss-reactive ketones (excluding diaryl/α,β-unsaturated/α-hetero) is 1. The third-order valence-corrected chi connectivity index (χ3v) is 2.80. The minimum atomic E-state index is -0.487. The van der Waals surface area contributed by atoms with Crippen molar-refractivity contribution in [1.82, 2.24) is 0 Å². The van der Waals surface area contributed by atoms with Gasteiger partial charge in [0.15, 0.2) is 5.78 Å². The Morgan fingerprint density at radius 3 is 2.35 bits per heavy atom. The van der Waals surface area contributed by atoms with Gasteiger partial charge >= 0.3 is 5.69 Å². The lowest BCUT2D eigenvalue weighted by Gasteiger charge is -2.07. The number of hydrogen-bond acceptors (Lipinski definition) is 4. The molecule has 5 nitrogen and oxygen atoms in total. The van der Waals surface area contributed by atoms with Gasteiger partial charge in [-0.05, 0) is 49.7 Å². The van der Waals surface area contributed by atoms with E-state index in [0.29, 0.717) is 11.3 Å². The van der Waals surface area contributed by atoms with E-state index in [2.05, 4.69) is 0 Å². The first-order valence-electron chi connectivity index (χ1n) is 6.01. The summed E-state index contributed by atoms with van der Waals surface area (Å²) in [6.07, 6.45) is 0. The first-order chi connectivity index (χ1) is 9.47. The monoisotopic (exact) mass is 271 g/mol. The van der Waals surface area contributed by atoms with Gasteiger partial charge in [-0.15, -0.1) is 0 Å². The molecule has 0 radical (unpaired) electrons.